The third-order valence-corrected chi connectivity index (χ3v) is 2.67. The van der Waals surface area contributed by atoms with E-state index in [1.807, 2.05) is 33.8 Å². The molecule has 0 aliphatic carbocycles. The van der Waals surface area contributed by atoms with Gasteiger partial charge in [-0.1, -0.05) is 12.1 Å². The zero-order valence-corrected chi connectivity index (χ0v) is 12.1. The maximum atomic E-state index is 13.1. The minimum absolute atomic E-state index is 0.0199. The molecule has 0 heterocycles. The molecule has 1 atom stereocenters. The zero-order valence-electron chi connectivity index (χ0n) is 12.1. The van der Waals surface area contributed by atoms with Crippen LogP contribution < -0.4 is 10.6 Å². The molecule has 0 saturated heterocycles. The van der Waals surface area contributed by atoms with Crippen LogP contribution in [0.3, 0.4) is 0 Å². The van der Waals surface area contributed by atoms with Crippen molar-refractivity contribution in [1.82, 2.24) is 10.6 Å². The first-order valence-corrected chi connectivity index (χ1v) is 6.58. The second kappa shape index (κ2) is 6.66. The molecule has 4 heteroatoms. The highest BCUT2D eigenvalue weighted by molar-refractivity contribution is 5.76. The van der Waals surface area contributed by atoms with Gasteiger partial charge in [0, 0.05) is 24.5 Å². The van der Waals surface area contributed by atoms with Gasteiger partial charge in [-0.3, -0.25) is 4.79 Å². The summed E-state index contributed by atoms with van der Waals surface area (Å²) >= 11 is 0. The molecule has 0 aromatic heterocycles. The number of carbonyl (C=O) groups is 1. The second-order valence-electron chi connectivity index (χ2n) is 5.78. The van der Waals surface area contributed by atoms with Gasteiger partial charge in [-0.2, -0.15) is 0 Å². The lowest BCUT2D eigenvalue weighted by Crippen LogP contribution is -2.41. The third kappa shape index (κ3) is 6.34. The molecule has 1 aromatic rings. The van der Waals surface area contributed by atoms with Gasteiger partial charge in [-0.15, -0.1) is 0 Å². The van der Waals surface area contributed by atoms with Crippen molar-refractivity contribution in [2.75, 3.05) is 6.54 Å². The quantitative estimate of drug-likeness (QED) is 0.860. The van der Waals surface area contributed by atoms with Crippen LogP contribution in [0.4, 0.5) is 4.39 Å². The fourth-order valence-corrected chi connectivity index (χ4v) is 1.78. The van der Waals surface area contributed by atoms with Crippen LogP contribution >= 0.6 is 0 Å². The van der Waals surface area contributed by atoms with Crippen molar-refractivity contribution in [3.05, 3.63) is 35.6 Å². The van der Waals surface area contributed by atoms with Crippen LogP contribution in [-0.2, 0) is 4.79 Å². The van der Waals surface area contributed by atoms with Gasteiger partial charge in [0.05, 0.1) is 0 Å². The molecule has 1 rings (SSSR count). The van der Waals surface area contributed by atoms with E-state index in [0.717, 1.165) is 5.56 Å². The van der Waals surface area contributed by atoms with Crippen LogP contribution in [0.1, 0.15) is 45.7 Å². The first-order chi connectivity index (χ1) is 8.78. The third-order valence-electron chi connectivity index (χ3n) is 2.67. The number of benzene rings is 1. The average molecular weight is 266 g/mol. The van der Waals surface area contributed by atoms with Crippen LogP contribution in [0.2, 0.25) is 0 Å². The number of hydrogen-bond donors (Lipinski definition) is 2. The molecule has 0 saturated carbocycles. The Kier molecular flexibility index (Phi) is 5.48. The van der Waals surface area contributed by atoms with E-state index < -0.39 is 0 Å². The molecule has 0 aliphatic rings. The molecule has 106 valence electrons. The molecule has 0 bridgehead atoms. The Morgan fingerprint density at radius 1 is 1.37 bits per heavy atom. The van der Waals surface area contributed by atoms with Gasteiger partial charge >= 0.3 is 0 Å². The van der Waals surface area contributed by atoms with Gasteiger partial charge in [0.1, 0.15) is 5.82 Å². The van der Waals surface area contributed by atoms with E-state index in [1.165, 1.54) is 12.1 Å². The topological polar surface area (TPSA) is 41.1 Å². The Morgan fingerprint density at radius 3 is 2.63 bits per heavy atom. The number of carbonyl (C=O) groups excluding carboxylic acids is 1. The number of halogens is 1. The maximum Gasteiger partial charge on any atom is 0.221 e. The van der Waals surface area contributed by atoms with Gasteiger partial charge in [-0.05, 0) is 45.4 Å². The molecular formula is C15H23FN2O. The monoisotopic (exact) mass is 266 g/mol. The molecule has 3 nitrogen and oxygen atoms in total. The van der Waals surface area contributed by atoms with Crippen molar-refractivity contribution >= 4 is 5.91 Å². The molecule has 2 N–H and O–H groups in total. The minimum Gasteiger partial charge on any atom is -0.351 e. The summed E-state index contributed by atoms with van der Waals surface area (Å²) in [6.45, 7) is 8.38. The predicted molar refractivity (Wildman–Crippen MR) is 75.3 cm³/mol. The smallest absolute Gasteiger partial charge is 0.221 e. The Morgan fingerprint density at radius 2 is 2.05 bits per heavy atom. The fourth-order valence-electron chi connectivity index (χ4n) is 1.78. The van der Waals surface area contributed by atoms with E-state index in [2.05, 4.69) is 10.6 Å². The molecule has 0 aliphatic heterocycles. The molecule has 0 spiro atoms. The van der Waals surface area contributed by atoms with Crippen LogP contribution in [0, 0.1) is 5.82 Å². The number of rotatable bonds is 5. The van der Waals surface area contributed by atoms with Crippen molar-refractivity contribution in [2.45, 2.75) is 45.7 Å². The SMILES string of the molecule is CC(NCCC(=O)NC(C)(C)C)c1cccc(F)c1. The summed E-state index contributed by atoms with van der Waals surface area (Å²) in [7, 11) is 0. The molecule has 1 unspecified atom stereocenters. The van der Waals surface area contributed by atoms with E-state index in [4.69, 9.17) is 0 Å². The van der Waals surface area contributed by atoms with Crippen molar-refractivity contribution in [3.8, 4) is 0 Å². The summed E-state index contributed by atoms with van der Waals surface area (Å²) in [5, 5.41) is 6.12. The summed E-state index contributed by atoms with van der Waals surface area (Å²) in [6, 6.07) is 6.52. The van der Waals surface area contributed by atoms with Crippen LogP contribution in [0.15, 0.2) is 24.3 Å². The molecule has 0 radical (unpaired) electrons. The Bertz CT molecular complexity index is 426. The number of amides is 1. The molecule has 19 heavy (non-hydrogen) atoms. The van der Waals surface area contributed by atoms with Crippen molar-refractivity contribution < 1.29 is 9.18 Å². The minimum atomic E-state index is -0.239. The van der Waals surface area contributed by atoms with E-state index >= 15 is 0 Å². The molecule has 1 aromatic carbocycles. The lowest BCUT2D eigenvalue weighted by molar-refractivity contribution is -0.122. The average Bonchev–Trinajstić information content (AvgIpc) is 2.26. The second-order valence-corrected chi connectivity index (χ2v) is 5.78. The first kappa shape index (κ1) is 15.6. The molecule has 1 amide bonds. The van der Waals surface area contributed by atoms with Gasteiger partial charge in [-0.25, -0.2) is 4.39 Å². The van der Waals surface area contributed by atoms with Crippen molar-refractivity contribution in [2.24, 2.45) is 0 Å². The Hall–Kier alpha value is -1.42. The van der Waals surface area contributed by atoms with Crippen LogP contribution in [-0.4, -0.2) is 18.0 Å². The van der Waals surface area contributed by atoms with Gasteiger partial charge in [0.25, 0.3) is 0 Å². The Labute approximate surface area is 114 Å². The highest BCUT2D eigenvalue weighted by Gasteiger charge is 2.13. The van der Waals surface area contributed by atoms with Crippen molar-refractivity contribution in [3.63, 3.8) is 0 Å². The summed E-state index contributed by atoms with van der Waals surface area (Å²) in [4.78, 5) is 11.6. The van der Waals surface area contributed by atoms with E-state index in [1.54, 1.807) is 6.07 Å². The normalized spacial score (nSPS) is 13.1. The summed E-state index contributed by atoms with van der Waals surface area (Å²) in [5.74, 6) is -0.219. The summed E-state index contributed by atoms with van der Waals surface area (Å²) < 4.78 is 13.1. The largest absolute Gasteiger partial charge is 0.351 e. The van der Waals surface area contributed by atoms with Crippen LogP contribution in [0.25, 0.3) is 0 Å². The number of hydrogen-bond acceptors (Lipinski definition) is 2. The standard InChI is InChI=1S/C15H23FN2O/c1-11(12-6-5-7-13(16)10-12)17-9-8-14(19)18-15(2,3)4/h5-7,10-11,17H,8-9H2,1-4H3,(H,18,19). The van der Waals surface area contributed by atoms with E-state index in [-0.39, 0.29) is 23.3 Å². The highest BCUT2D eigenvalue weighted by Crippen LogP contribution is 2.13. The predicted octanol–water partition coefficient (Wildman–Crippen LogP) is 2.78. The highest BCUT2D eigenvalue weighted by atomic mass is 19.1. The van der Waals surface area contributed by atoms with Gasteiger partial charge in [0.2, 0.25) is 5.91 Å². The molecule has 0 fully saturated rings. The van der Waals surface area contributed by atoms with Gasteiger partial charge < -0.3 is 10.6 Å². The number of nitrogens with one attached hydrogen (secondary N) is 2. The first-order valence-electron chi connectivity index (χ1n) is 6.58. The fraction of sp³-hybridized carbons (Fsp3) is 0.533. The zero-order chi connectivity index (χ0) is 14.5. The van der Waals surface area contributed by atoms with Crippen LogP contribution in [0.5, 0.6) is 0 Å². The Balaban J connectivity index is 2.35. The molecular weight excluding hydrogens is 243 g/mol. The summed E-state index contributed by atoms with van der Waals surface area (Å²) in [6.07, 6.45) is 0.414. The lowest BCUT2D eigenvalue weighted by Gasteiger charge is -2.21. The summed E-state index contributed by atoms with van der Waals surface area (Å²) in [5.41, 5.74) is 0.682. The van der Waals surface area contributed by atoms with E-state index in [9.17, 15) is 9.18 Å². The van der Waals surface area contributed by atoms with E-state index in [0.29, 0.717) is 13.0 Å². The lowest BCUT2D eigenvalue weighted by atomic mass is 10.1. The van der Waals surface area contributed by atoms with Crippen molar-refractivity contribution in [1.29, 1.82) is 0 Å². The maximum absolute atomic E-state index is 13.1. The van der Waals surface area contributed by atoms with Gasteiger partial charge in [0.15, 0.2) is 0 Å².